The van der Waals surface area contributed by atoms with E-state index >= 15 is 0 Å². The number of nitrogens with zero attached hydrogens (tertiary/aromatic N) is 3. The van der Waals surface area contributed by atoms with Crippen LogP contribution in [0, 0.1) is 5.82 Å². The van der Waals surface area contributed by atoms with Crippen molar-refractivity contribution in [2.24, 2.45) is 0 Å². The van der Waals surface area contributed by atoms with Crippen LogP contribution in [0.5, 0.6) is 0 Å². The molecule has 4 heterocycles. The molecule has 0 saturated heterocycles. The minimum atomic E-state index is -0.259. The summed E-state index contributed by atoms with van der Waals surface area (Å²) in [4.78, 5) is 15.2. The van der Waals surface area contributed by atoms with E-state index in [-0.39, 0.29) is 5.82 Å². The van der Waals surface area contributed by atoms with Gasteiger partial charge in [0.25, 0.3) is 0 Å². The highest BCUT2D eigenvalue weighted by Gasteiger charge is 2.14. The predicted molar refractivity (Wildman–Crippen MR) is 110 cm³/mol. The lowest BCUT2D eigenvalue weighted by Crippen LogP contribution is -2.02. The Morgan fingerprint density at radius 1 is 1.07 bits per heavy atom. The summed E-state index contributed by atoms with van der Waals surface area (Å²) < 4.78 is 18.9. The number of hydrogen-bond donors (Lipinski definition) is 1. The molecule has 0 radical (unpaired) electrons. The van der Waals surface area contributed by atoms with Gasteiger partial charge in [-0.3, -0.25) is 0 Å². The third kappa shape index (κ3) is 3.17. The Morgan fingerprint density at radius 3 is 2.79 bits per heavy atom. The van der Waals surface area contributed by atoms with Crippen LogP contribution < -0.4 is 5.32 Å². The fraction of sp³-hybridized carbons (Fsp3) is 0.0500. The van der Waals surface area contributed by atoms with Crippen LogP contribution in [0.2, 0.25) is 0 Å². The molecule has 5 aromatic rings. The number of aromatic nitrogens is 3. The molecular formula is C20H13FN4OS2. The summed E-state index contributed by atoms with van der Waals surface area (Å²) in [6.07, 6.45) is 3.18. The fourth-order valence-electron chi connectivity index (χ4n) is 2.93. The van der Waals surface area contributed by atoms with Gasteiger partial charge < -0.3 is 9.73 Å². The molecule has 0 aliphatic carbocycles. The summed E-state index contributed by atoms with van der Waals surface area (Å²) in [5.41, 5.74) is 2.68. The number of halogens is 1. The zero-order valence-corrected chi connectivity index (χ0v) is 16.1. The van der Waals surface area contributed by atoms with Crippen LogP contribution in [-0.2, 0) is 6.54 Å². The normalized spacial score (nSPS) is 11.2. The van der Waals surface area contributed by atoms with Gasteiger partial charge in [-0.2, -0.15) is 0 Å². The van der Waals surface area contributed by atoms with Gasteiger partial charge in [-0.15, -0.1) is 22.7 Å². The molecule has 1 N–H and O–H groups in total. The second kappa shape index (κ2) is 7.14. The molecule has 5 rings (SSSR count). The molecule has 0 unspecified atom stereocenters. The topological polar surface area (TPSA) is 63.8 Å². The molecule has 138 valence electrons. The molecular weight excluding hydrogens is 395 g/mol. The van der Waals surface area contributed by atoms with E-state index in [1.54, 1.807) is 29.7 Å². The quantitative estimate of drug-likeness (QED) is 0.397. The van der Waals surface area contributed by atoms with Crippen molar-refractivity contribution in [1.82, 2.24) is 15.0 Å². The van der Waals surface area contributed by atoms with Crippen molar-refractivity contribution in [2.75, 3.05) is 5.32 Å². The van der Waals surface area contributed by atoms with Crippen LogP contribution in [0.15, 0.2) is 64.2 Å². The van der Waals surface area contributed by atoms with Gasteiger partial charge in [0.2, 0.25) is 5.89 Å². The van der Waals surface area contributed by atoms with Gasteiger partial charge in [0.15, 0.2) is 0 Å². The molecule has 0 fully saturated rings. The van der Waals surface area contributed by atoms with Gasteiger partial charge in [-0.25, -0.2) is 19.3 Å². The first-order chi connectivity index (χ1) is 13.8. The fourth-order valence-corrected chi connectivity index (χ4v) is 4.50. The molecule has 28 heavy (non-hydrogen) atoms. The second-order valence-corrected chi connectivity index (χ2v) is 7.84. The molecule has 0 atom stereocenters. The first-order valence-corrected chi connectivity index (χ1v) is 10.2. The van der Waals surface area contributed by atoms with Gasteiger partial charge in [0, 0.05) is 10.9 Å². The molecule has 4 aromatic heterocycles. The highest BCUT2D eigenvalue weighted by atomic mass is 32.1. The van der Waals surface area contributed by atoms with Crippen LogP contribution in [0.4, 0.5) is 10.2 Å². The van der Waals surface area contributed by atoms with Crippen molar-refractivity contribution in [3.63, 3.8) is 0 Å². The van der Waals surface area contributed by atoms with Crippen LogP contribution in [0.3, 0.4) is 0 Å². The number of oxazole rings is 1. The highest BCUT2D eigenvalue weighted by Crippen LogP contribution is 2.36. The summed E-state index contributed by atoms with van der Waals surface area (Å²) in [6.45, 7) is 0.472. The molecule has 0 bridgehead atoms. The number of hydrogen-bond acceptors (Lipinski definition) is 7. The maximum Gasteiger partial charge on any atom is 0.236 e. The standard InChI is InChI=1S/C20H13FN4OS2/c21-13-5-3-12(4-6-13)15-10-28-20-17(15)18(23-11-24-20)22-8-14-9-26-19(25-14)16-2-1-7-27-16/h1-7,9-11H,8H2,(H,22,23,24). The van der Waals surface area contributed by atoms with Crippen LogP contribution in [0.25, 0.3) is 32.1 Å². The van der Waals surface area contributed by atoms with Crippen molar-refractivity contribution in [3.05, 3.63) is 71.3 Å². The van der Waals surface area contributed by atoms with Gasteiger partial charge in [0.05, 0.1) is 22.5 Å². The van der Waals surface area contributed by atoms with E-state index in [1.165, 1.54) is 29.8 Å². The molecule has 0 saturated carbocycles. The zero-order chi connectivity index (χ0) is 18.9. The number of nitrogens with one attached hydrogen (secondary N) is 1. The van der Waals surface area contributed by atoms with Gasteiger partial charge >= 0.3 is 0 Å². The van der Waals surface area contributed by atoms with Crippen molar-refractivity contribution in [1.29, 1.82) is 0 Å². The maximum atomic E-state index is 13.3. The smallest absolute Gasteiger partial charge is 0.236 e. The maximum absolute atomic E-state index is 13.3. The minimum Gasteiger partial charge on any atom is -0.443 e. The Balaban J connectivity index is 1.44. The largest absolute Gasteiger partial charge is 0.443 e. The third-order valence-electron chi connectivity index (χ3n) is 4.25. The van der Waals surface area contributed by atoms with Crippen LogP contribution >= 0.6 is 22.7 Å². The molecule has 5 nitrogen and oxygen atoms in total. The van der Waals surface area contributed by atoms with Crippen LogP contribution in [-0.4, -0.2) is 15.0 Å². The van der Waals surface area contributed by atoms with E-state index in [0.717, 1.165) is 31.9 Å². The van der Waals surface area contributed by atoms with E-state index in [0.29, 0.717) is 18.3 Å². The number of benzene rings is 1. The number of fused-ring (bicyclic) bond motifs is 1. The molecule has 0 aliphatic heterocycles. The summed E-state index contributed by atoms with van der Waals surface area (Å²) in [7, 11) is 0. The molecule has 0 aliphatic rings. The molecule has 0 amide bonds. The lowest BCUT2D eigenvalue weighted by Gasteiger charge is -2.07. The summed E-state index contributed by atoms with van der Waals surface area (Å²) in [6, 6.07) is 10.4. The molecule has 1 aromatic carbocycles. The summed E-state index contributed by atoms with van der Waals surface area (Å²) in [5, 5.41) is 8.26. The Labute approximate surface area is 167 Å². The lowest BCUT2D eigenvalue weighted by molar-refractivity contribution is 0.574. The van der Waals surface area contributed by atoms with E-state index in [1.807, 2.05) is 22.9 Å². The van der Waals surface area contributed by atoms with Gasteiger partial charge in [0.1, 0.15) is 29.1 Å². The lowest BCUT2D eigenvalue weighted by atomic mass is 10.1. The number of thiophene rings is 2. The monoisotopic (exact) mass is 408 g/mol. The van der Waals surface area contributed by atoms with Crippen molar-refractivity contribution >= 4 is 38.7 Å². The second-order valence-electron chi connectivity index (χ2n) is 6.03. The molecule has 8 heteroatoms. The van der Waals surface area contributed by atoms with Gasteiger partial charge in [-0.05, 0) is 29.1 Å². The first kappa shape index (κ1) is 17.0. The predicted octanol–water partition coefficient (Wildman–Crippen LogP) is 5.83. The molecule has 0 spiro atoms. The third-order valence-corrected chi connectivity index (χ3v) is 5.99. The summed E-state index contributed by atoms with van der Waals surface area (Å²) in [5.74, 6) is 1.07. The Bertz CT molecular complexity index is 1230. The van der Waals surface area contributed by atoms with Crippen molar-refractivity contribution in [3.8, 4) is 21.9 Å². The first-order valence-electron chi connectivity index (χ1n) is 8.48. The zero-order valence-electron chi connectivity index (χ0n) is 14.4. The van der Waals surface area contributed by atoms with Crippen molar-refractivity contribution < 1.29 is 8.81 Å². The van der Waals surface area contributed by atoms with Crippen molar-refractivity contribution in [2.45, 2.75) is 6.54 Å². The Kier molecular flexibility index (Phi) is 4.34. The average molecular weight is 408 g/mol. The SMILES string of the molecule is Fc1ccc(-c2csc3ncnc(NCc4coc(-c5cccs5)n4)c23)cc1. The minimum absolute atomic E-state index is 0.259. The highest BCUT2D eigenvalue weighted by molar-refractivity contribution is 7.17. The van der Waals surface area contributed by atoms with Gasteiger partial charge in [-0.1, -0.05) is 18.2 Å². The Morgan fingerprint density at radius 2 is 1.96 bits per heavy atom. The van der Waals surface area contributed by atoms with Crippen LogP contribution in [0.1, 0.15) is 5.69 Å². The average Bonchev–Trinajstić information content (AvgIpc) is 3.46. The van der Waals surface area contributed by atoms with E-state index in [4.69, 9.17) is 4.42 Å². The van der Waals surface area contributed by atoms with E-state index < -0.39 is 0 Å². The van der Waals surface area contributed by atoms with E-state index in [2.05, 4.69) is 20.3 Å². The van der Waals surface area contributed by atoms with E-state index in [9.17, 15) is 4.39 Å². The Hall–Kier alpha value is -3.10. The number of anilines is 1. The summed E-state index contributed by atoms with van der Waals surface area (Å²) >= 11 is 3.12. The number of rotatable bonds is 5.